The van der Waals surface area contributed by atoms with Crippen molar-refractivity contribution in [2.45, 2.75) is 24.4 Å². The van der Waals surface area contributed by atoms with Crippen molar-refractivity contribution in [2.75, 3.05) is 46.4 Å². The maximum atomic E-state index is 13.3. The van der Waals surface area contributed by atoms with Gasteiger partial charge in [0.2, 0.25) is 15.9 Å². The summed E-state index contributed by atoms with van der Waals surface area (Å²) in [7, 11) is -2.28. The average Bonchev–Trinajstić information content (AvgIpc) is 2.79. The molecule has 0 aromatic heterocycles. The number of hydrogen-bond donors (Lipinski definition) is 0. The second-order valence-corrected chi connectivity index (χ2v) is 9.89. The number of benzene rings is 2. The van der Waals surface area contributed by atoms with Gasteiger partial charge in [-0.2, -0.15) is 4.31 Å². The van der Waals surface area contributed by atoms with Gasteiger partial charge in [0.25, 0.3) is 0 Å². The predicted octanol–water partition coefficient (Wildman–Crippen LogP) is 2.06. The van der Waals surface area contributed by atoms with Crippen molar-refractivity contribution in [3.63, 3.8) is 0 Å². The lowest BCUT2D eigenvalue weighted by molar-refractivity contribution is -0.134. The van der Waals surface area contributed by atoms with Crippen molar-refractivity contribution < 1.29 is 17.9 Å². The largest absolute Gasteiger partial charge is 0.379 e. The molecule has 2 aromatic rings. The molecule has 168 valence electrons. The summed E-state index contributed by atoms with van der Waals surface area (Å²) < 4.78 is 32.3. The molecule has 1 amide bonds. The van der Waals surface area contributed by atoms with Crippen LogP contribution in [0.2, 0.25) is 0 Å². The highest BCUT2D eigenvalue weighted by Gasteiger charge is 2.28. The quantitative estimate of drug-likeness (QED) is 0.591. The molecule has 0 aliphatic carbocycles. The molecule has 1 saturated heterocycles. The lowest BCUT2D eigenvalue weighted by Gasteiger charge is -2.35. The van der Waals surface area contributed by atoms with E-state index in [1.54, 1.807) is 35.2 Å². The summed E-state index contributed by atoms with van der Waals surface area (Å²) >= 11 is 0. The molecular weight excluding hydrogens is 414 g/mol. The summed E-state index contributed by atoms with van der Waals surface area (Å²) in [5, 5.41) is 0. The van der Waals surface area contributed by atoms with Gasteiger partial charge < -0.3 is 9.64 Å². The van der Waals surface area contributed by atoms with Crippen LogP contribution in [0.4, 0.5) is 0 Å². The zero-order valence-electron chi connectivity index (χ0n) is 18.2. The first-order valence-electron chi connectivity index (χ1n) is 10.5. The number of carbonyl (C=O) groups excluding carboxylic acids is 1. The lowest BCUT2D eigenvalue weighted by atomic mass is 10.1. The van der Waals surface area contributed by atoms with E-state index in [0.717, 1.165) is 29.5 Å². The number of likely N-dealkylation sites (N-methyl/N-ethyl adjacent to an activating group) is 1. The monoisotopic (exact) mass is 445 g/mol. The molecule has 1 fully saturated rings. The smallest absolute Gasteiger partial charge is 0.243 e. The van der Waals surface area contributed by atoms with E-state index in [4.69, 9.17) is 4.74 Å². The summed E-state index contributed by atoms with van der Waals surface area (Å²) in [5.41, 5.74) is 1.01. The molecule has 0 N–H and O–H groups in total. The highest BCUT2D eigenvalue weighted by Crippen LogP contribution is 2.16. The molecule has 7 nitrogen and oxygen atoms in total. The molecule has 1 unspecified atom stereocenters. The van der Waals surface area contributed by atoms with Crippen molar-refractivity contribution in [1.82, 2.24) is 14.1 Å². The zero-order valence-corrected chi connectivity index (χ0v) is 19.0. The standard InChI is InChI=1S/C23H31N3O4S/c1-20(17-25-13-15-30-16-14-25)26(18-21-9-5-3-6-10-21)23(27)19-24(2)31(28,29)22-11-7-4-8-12-22/h3-12,20H,13-19H2,1-2H3. The van der Waals surface area contributed by atoms with Gasteiger partial charge in [0.15, 0.2) is 0 Å². The fraction of sp³-hybridized carbons (Fsp3) is 0.435. The normalized spacial score (nSPS) is 16.2. The zero-order chi connectivity index (χ0) is 22.3. The highest BCUT2D eigenvalue weighted by atomic mass is 32.2. The molecule has 0 spiro atoms. The summed E-state index contributed by atoms with van der Waals surface area (Å²) in [6.07, 6.45) is 0. The summed E-state index contributed by atoms with van der Waals surface area (Å²) in [5.74, 6) is -0.216. The number of amides is 1. The fourth-order valence-corrected chi connectivity index (χ4v) is 4.81. The van der Waals surface area contributed by atoms with Gasteiger partial charge in [-0.1, -0.05) is 48.5 Å². The first-order chi connectivity index (χ1) is 14.9. The predicted molar refractivity (Wildman–Crippen MR) is 120 cm³/mol. The molecule has 31 heavy (non-hydrogen) atoms. The van der Waals surface area contributed by atoms with Gasteiger partial charge in [-0.25, -0.2) is 8.42 Å². The van der Waals surface area contributed by atoms with Crippen LogP contribution < -0.4 is 0 Å². The Hall–Kier alpha value is -2.26. The number of carbonyl (C=O) groups is 1. The first kappa shape index (κ1) is 23.4. The number of morpholine rings is 1. The van der Waals surface area contributed by atoms with Gasteiger partial charge >= 0.3 is 0 Å². The van der Waals surface area contributed by atoms with Crippen LogP contribution >= 0.6 is 0 Å². The van der Waals surface area contributed by atoms with Crippen LogP contribution in [-0.2, 0) is 26.1 Å². The third kappa shape index (κ3) is 6.36. The Balaban J connectivity index is 1.74. The number of nitrogens with zero attached hydrogens (tertiary/aromatic N) is 3. The lowest BCUT2D eigenvalue weighted by Crippen LogP contribution is -2.50. The summed E-state index contributed by atoms with van der Waals surface area (Å²) in [6, 6.07) is 17.9. The van der Waals surface area contributed by atoms with Gasteiger partial charge in [0.05, 0.1) is 24.7 Å². The second kappa shape index (κ2) is 10.9. The minimum atomic E-state index is -3.73. The number of ether oxygens (including phenoxy) is 1. The van der Waals surface area contributed by atoms with Crippen molar-refractivity contribution in [3.05, 3.63) is 66.2 Å². The molecule has 3 rings (SSSR count). The van der Waals surface area contributed by atoms with Crippen LogP contribution in [0.5, 0.6) is 0 Å². The van der Waals surface area contributed by atoms with E-state index < -0.39 is 10.0 Å². The van der Waals surface area contributed by atoms with Crippen LogP contribution in [-0.4, -0.2) is 80.9 Å². The van der Waals surface area contributed by atoms with Crippen LogP contribution in [0.3, 0.4) is 0 Å². The number of sulfonamides is 1. The average molecular weight is 446 g/mol. The summed E-state index contributed by atoms with van der Waals surface area (Å²) in [6.45, 7) is 6.01. The molecule has 1 aliphatic heterocycles. The Bertz CT molecular complexity index is 932. The topological polar surface area (TPSA) is 70.2 Å². The van der Waals surface area contributed by atoms with E-state index in [0.29, 0.717) is 19.8 Å². The molecular formula is C23H31N3O4S. The fourth-order valence-electron chi connectivity index (χ4n) is 3.66. The molecule has 0 bridgehead atoms. The first-order valence-corrected chi connectivity index (χ1v) is 12.0. The van der Waals surface area contributed by atoms with E-state index in [1.165, 1.54) is 7.05 Å². The van der Waals surface area contributed by atoms with E-state index in [1.807, 2.05) is 37.3 Å². The van der Waals surface area contributed by atoms with Gasteiger partial charge in [-0.3, -0.25) is 9.69 Å². The van der Waals surface area contributed by atoms with E-state index >= 15 is 0 Å². The molecule has 2 aromatic carbocycles. The molecule has 1 heterocycles. The number of rotatable bonds is 9. The molecule has 1 atom stereocenters. The van der Waals surface area contributed by atoms with E-state index in [-0.39, 0.29) is 23.4 Å². The van der Waals surface area contributed by atoms with Gasteiger partial charge in [-0.15, -0.1) is 0 Å². The van der Waals surface area contributed by atoms with Crippen molar-refractivity contribution >= 4 is 15.9 Å². The van der Waals surface area contributed by atoms with Gasteiger partial charge in [0, 0.05) is 39.3 Å². The molecule has 0 radical (unpaired) electrons. The Labute approximate surface area is 185 Å². The minimum absolute atomic E-state index is 0.0707. The third-order valence-electron chi connectivity index (χ3n) is 5.48. The Morgan fingerprint density at radius 2 is 1.61 bits per heavy atom. The van der Waals surface area contributed by atoms with Crippen LogP contribution in [0.15, 0.2) is 65.6 Å². The van der Waals surface area contributed by atoms with Crippen molar-refractivity contribution in [3.8, 4) is 0 Å². The minimum Gasteiger partial charge on any atom is -0.379 e. The molecule has 0 saturated carbocycles. The summed E-state index contributed by atoms with van der Waals surface area (Å²) in [4.78, 5) is 17.5. The van der Waals surface area contributed by atoms with Crippen LogP contribution in [0.1, 0.15) is 12.5 Å². The Morgan fingerprint density at radius 1 is 1.03 bits per heavy atom. The Kier molecular flexibility index (Phi) is 8.20. The van der Waals surface area contributed by atoms with E-state index in [9.17, 15) is 13.2 Å². The Morgan fingerprint density at radius 3 is 2.23 bits per heavy atom. The van der Waals surface area contributed by atoms with E-state index in [2.05, 4.69) is 4.90 Å². The molecule has 1 aliphatic rings. The van der Waals surface area contributed by atoms with Crippen LogP contribution in [0.25, 0.3) is 0 Å². The van der Waals surface area contributed by atoms with Crippen molar-refractivity contribution in [2.24, 2.45) is 0 Å². The number of hydrogen-bond acceptors (Lipinski definition) is 5. The van der Waals surface area contributed by atoms with Crippen LogP contribution in [0, 0.1) is 0 Å². The third-order valence-corrected chi connectivity index (χ3v) is 7.30. The van der Waals surface area contributed by atoms with Gasteiger partial charge in [0.1, 0.15) is 0 Å². The van der Waals surface area contributed by atoms with Gasteiger partial charge in [-0.05, 0) is 24.6 Å². The van der Waals surface area contributed by atoms with Crippen molar-refractivity contribution in [1.29, 1.82) is 0 Å². The second-order valence-electron chi connectivity index (χ2n) is 7.84. The highest BCUT2D eigenvalue weighted by molar-refractivity contribution is 7.89. The maximum Gasteiger partial charge on any atom is 0.243 e. The SMILES string of the molecule is CC(CN1CCOCC1)N(Cc1ccccc1)C(=O)CN(C)S(=O)(=O)c1ccccc1. The molecule has 8 heteroatoms. The maximum absolute atomic E-state index is 13.3.